The number of nitrogens with two attached hydrogens (primary N) is 1. The van der Waals surface area contributed by atoms with Crippen LogP contribution in [0, 0.1) is 0 Å². The zero-order valence-corrected chi connectivity index (χ0v) is 12.3. The summed E-state index contributed by atoms with van der Waals surface area (Å²) in [5.41, 5.74) is 8.00. The van der Waals surface area contributed by atoms with Gasteiger partial charge in [0.25, 0.3) is 0 Å². The van der Waals surface area contributed by atoms with E-state index < -0.39 is 0 Å². The highest BCUT2D eigenvalue weighted by Crippen LogP contribution is 2.34. The maximum absolute atomic E-state index is 10.5. The lowest BCUT2D eigenvalue weighted by Crippen LogP contribution is -2.12. The van der Waals surface area contributed by atoms with Gasteiger partial charge in [-0.1, -0.05) is 64.5 Å². The van der Waals surface area contributed by atoms with E-state index in [2.05, 4.69) is 15.9 Å². The molecule has 0 radical (unpaired) electrons. The van der Waals surface area contributed by atoms with Gasteiger partial charge in [-0.3, -0.25) is 0 Å². The van der Waals surface area contributed by atoms with E-state index in [1.807, 2.05) is 60.7 Å². The van der Waals surface area contributed by atoms with E-state index in [4.69, 9.17) is 5.73 Å². The Bertz CT molecular complexity index is 770. The third kappa shape index (κ3) is 2.30. The van der Waals surface area contributed by atoms with Crippen LogP contribution in [0.15, 0.2) is 65.1 Å². The van der Waals surface area contributed by atoms with Crippen LogP contribution in [0.25, 0.3) is 10.8 Å². The van der Waals surface area contributed by atoms with Gasteiger partial charge in [-0.15, -0.1) is 0 Å². The quantitative estimate of drug-likeness (QED) is 0.734. The number of aromatic hydroxyl groups is 1. The minimum Gasteiger partial charge on any atom is -0.507 e. The van der Waals surface area contributed by atoms with Gasteiger partial charge in [0.05, 0.1) is 6.04 Å². The monoisotopic (exact) mass is 327 g/mol. The van der Waals surface area contributed by atoms with Crippen molar-refractivity contribution < 1.29 is 5.11 Å². The summed E-state index contributed by atoms with van der Waals surface area (Å²) in [6.45, 7) is 0. The molecular formula is C17H14BrNO. The molecule has 20 heavy (non-hydrogen) atoms. The molecule has 0 aromatic heterocycles. The summed E-state index contributed by atoms with van der Waals surface area (Å²) < 4.78 is 0.978. The molecule has 3 aromatic rings. The van der Waals surface area contributed by atoms with Gasteiger partial charge in [-0.05, 0) is 23.1 Å². The number of benzene rings is 3. The molecule has 0 aliphatic carbocycles. The maximum atomic E-state index is 10.5. The second kappa shape index (κ2) is 5.27. The average Bonchev–Trinajstić information content (AvgIpc) is 2.47. The smallest absolute Gasteiger partial charge is 0.128 e. The minimum absolute atomic E-state index is 0.260. The molecule has 0 aliphatic rings. The molecule has 0 fully saturated rings. The van der Waals surface area contributed by atoms with Crippen molar-refractivity contribution in [2.75, 3.05) is 0 Å². The second-order valence-corrected chi connectivity index (χ2v) is 5.67. The number of hydrogen-bond donors (Lipinski definition) is 2. The molecule has 3 rings (SSSR count). The van der Waals surface area contributed by atoms with Crippen molar-refractivity contribution in [1.29, 1.82) is 0 Å². The Labute approximate surface area is 126 Å². The van der Waals surface area contributed by atoms with Gasteiger partial charge in [0.2, 0.25) is 0 Å². The lowest BCUT2D eigenvalue weighted by atomic mass is 9.96. The largest absolute Gasteiger partial charge is 0.507 e. The molecule has 0 spiro atoms. The van der Waals surface area contributed by atoms with Crippen LogP contribution in [0.5, 0.6) is 5.75 Å². The summed E-state index contributed by atoms with van der Waals surface area (Å²) in [4.78, 5) is 0. The first-order chi connectivity index (χ1) is 9.66. The molecule has 0 saturated heterocycles. The van der Waals surface area contributed by atoms with Crippen LogP contribution in [0.3, 0.4) is 0 Å². The van der Waals surface area contributed by atoms with Gasteiger partial charge >= 0.3 is 0 Å². The molecule has 3 heteroatoms. The van der Waals surface area contributed by atoms with E-state index in [1.54, 1.807) is 0 Å². The van der Waals surface area contributed by atoms with Crippen molar-refractivity contribution in [3.8, 4) is 5.75 Å². The summed E-state index contributed by atoms with van der Waals surface area (Å²) >= 11 is 3.44. The SMILES string of the molecule is NC(c1cccc(Br)c1)c1ccc2ccccc2c1O. The summed E-state index contributed by atoms with van der Waals surface area (Å²) in [5, 5.41) is 12.3. The number of fused-ring (bicyclic) bond motifs is 1. The van der Waals surface area contributed by atoms with Crippen LogP contribution in [-0.2, 0) is 0 Å². The van der Waals surface area contributed by atoms with Crippen LogP contribution < -0.4 is 5.73 Å². The first-order valence-corrected chi connectivity index (χ1v) is 7.18. The maximum Gasteiger partial charge on any atom is 0.128 e. The molecule has 0 aliphatic heterocycles. The molecule has 100 valence electrons. The van der Waals surface area contributed by atoms with Crippen molar-refractivity contribution in [2.24, 2.45) is 5.73 Å². The molecule has 1 atom stereocenters. The van der Waals surface area contributed by atoms with Gasteiger partial charge in [-0.2, -0.15) is 0 Å². The molecular weight excluding hydrogens is 314 g/mol. The summed E-state index contributed by atoms with van der Waals surface area (Å²) in [7, 11) is 0. The zero-order valence-electron chi connectivity index (χ0n) is 10.8. The third-order valence-corrected chi connectivity index (χ3v) is 3.97. The average molecular weight is 328 g/mol. The van der Waals surface area contributed by atoms with Crippen LogP contribution >= 0.6 is 15.9 Å². The lowest BCUT2D eigenvalue weighted by Gasteiger charge is -2.16. The normalized spacial score (nSPS) is 12.5. The van der Waals surface area contributed by atoms with Crippen molar-refractivity contribution in [3.63, 3.8) is 0 Å². The van der Waals surface area contributed by atoms with Crippen LogP contribution in [0.2, 0.25) is 0 Å². The van der Waals surface area contributed by atoms with Gasteiger partial charge in [0, 0.05) is 15.4 Å². The van der Waals surface area contributed by atoms with E-state index in [-0.39, 0.29) is 11.8 Å². The van der Waals surface area contributed by atoms with Gasteiger partial charge in [0.15, 0.2) is 0 Å². The van der Waals surface area contributed by atoms with Gasteiger partial charge in [-0.25, -0.2) is 0 Å². The Morgan fingerprint density at radius 1 is 0.950 bits per heavy atom. The Morgan fingerprint density at radius 3 is 2.55 bits per heavy atom. The van der Waals surface area contributed by atoms with E-state index in [0.717, 1.165) is 26.4 Å². The van der Waals surface area contributed by atoms with Crippen LogP contribution in [0.1, 0.15) is 17.2 Å². The molecule has 3 aromatic carbocycles. The Hall–Kier alpha value is -1.84. The zero-order chi connectivity index (χ0) is 14.1. The molecule has 3 N–H and O–H groups in total. The van der Waals surface area contributed by atoms with Gasteiger partial charge < -0.3 is 10.8 Å². The summed E-state index contributed by atoms with van der Waals surface area (Å²) in [6.07, 6.45) is 0. The van der Waals surface area contributed by atoms with E-state index in [0.29, 0.717) is 0 Å². The molecule has 0 saturated carbocycles. The van der Waals surface area contributed by atoms with E-state index >= 15 is 0 Å². The highest BCUT2D eigenvalue weighted by atomic mass is 79.9. The standard InChI is InChI=1S/C17H14BrNO/c18-13-6-3-5-12(10-13)16(19)15-9-8-11-4-1-2-7-14(11)17(15)20/h1-10,16,20H,19H2. The van der Waals surface area contributed by atoms with Crippen molar-refractivity contribution in [2.45, 2.75) is 6.04 Å². The first-order valence-electron chi connectivity index (χ1n) is 6.38. The van der Waals surface area contributed by atoms with Crippen molar-refractivity contribution in [3.05, 3.63) is 76.3 Å². The van der Waals surface area contributed by atoms with Crippen LogP contribution in [0.4, 0.5) is 0 Å². The number of rotatable bonds is 2. The fourth-order valence-corrected chi connectivity index (χ4v) is 2.82. The first kappa shape index (κ1) is 13.2. The number of phenolic OH excluding ortho intramolecular Hbond substituents is 1. The Morgan fingerprint density at radius 2 is 1.75 bits per heavy atom. The van der Waals surface area contributed by atoms with E-state index in [9.17, 15) is 5.11 Å². The predicted octanol–water partition coefficient (Wildman–Crippen LogP) is 4.36. The van der Waals surface area contributed by atoms with Crippen molar-refractivity contribution >= 4 is 26.7 Å². The van der Waals surface area contributed by atoms with Crippen molar-refractivity contribution in [1.82, 2.24) is 0 Å². The Balaban J connectivity index is 2.12. The van der Waals surface area contributed by atoms with Crippen LogP contribution in [-0.4, -0.2) is 5.11 Å². The molecule has 2 nitrogen and oxygen atoms in total. The predicted molar refractivity (Wildman–Crippen MR) is 85.8 cm³/mol. The molecule has 0 bridgehead atoms. The third-order valence-electron chi connectivity index (χ3n) is 3.47. The number of halogens is 1. The molecule has 0 amide bonds. The topological polar surface area (TPSA) is 46.2 Å². The number of phenols is 1. The fraction of sp³-hybridized carbons (Fsp3) is 0.0588. The summed E-state index contributed by atoms with van der Waals surface area (Å²) in [5.74, 6) is 0.260. The molecule has 1 unspecified atom stereocenters. The summed E-state index contributed by atoms with van der Waals surface area (Å²) in [6, 6.07) is 19.1. The lowest BCUT2D eigenvalue weighted by molar-refractivity contribution is 0.472. The second-order valence-electron chi connectivity index (χ2n) is 4.76. The minimum atomic E-state index is -0.350. The van der Waals surface area contributed by atoms with E-state index in [1.165, 1.54) is 0 Å². The Kier molecular flexibility index (Phi) is 3.47. The molecule has 0 heterocycles. The number of hydrogen-bond acceptors (Lipinski definition) is 2. The van der Waals surface area contributed by atoms with Gasteiger partial charge in [0.1, 0.15) is 5.75 Å². The highest BCUT2D eigenvalue weighted by Gasteiger charge is 2.15. The highest BCUT2D eigenvalue weighted by molar-refractivity contribution is 9.10. The fourth-order valence-electron chi connectivity index (χ4n) is 2.40.